The van der Waals surface area contributed by atoms with E-state index in [9.17, 15) is 4.79 Å². The predicted octanol–water partition coefficient (Wildman–Crippen LogP) is 3.09. The highest BCUT2D eigenvalue weighted by Crippen LogP contribution is 2.65. The molecule has 2 aliphatic rings. The number of para-hydroxylation sites is 1. The minimum absolute atomic E-state index is 0.00565. The van der Waals surface area contributed by atoms with Gasteiger partial charge >= 0.3 is 0 Å². The second-order valence-corrected chi connectivity index (χ2v) is 5.21. The standard InChI is InChI=1S/C13H9NOS/c15-9-14-11-6-2-1-5-10(11)13-8-4-3-7-12(13)16-13/h1-8,12H. The summed E-state index contributed by atoms with van der Waals surface area (Å²) in [6, 6.07) is 7.76. The SMILES string of the molecule is O=C=Nc1ccccc1C12C=CC=CC1S2. The lowest BCUT2D eigenvalue weighted by Gasteiger charge is -2.13. The van der Waals surface area contributed by atoms with Crippen LogP contribution in [0.2, 0.25) is 0 Å². The van der Waals surface area contributed by atoms with Gasteiger partial charge in [0, 0.05) is 10.8 Å². The second kappa shape index (κ2) is 3.48. The quantitative estimate of drug-likeness (QED) is 0.441. The third-order valence-electron chi connectivity index (χ3n) is 2.92. The molecule has 0 amide bonds. The molecule has 0 bridgehead atoms. The van der Waals surface area contributed by atoms with E-state index >= 15 is 0 Å². The first-order chi connectivity index (χ1) is 7.87. The van der Waals surface area contributed by atoms with Gasteiger partial charge in [-0.25, -0.2) is 4.79 Å². The molecule has 1 aromatic carbocycles. The molecule has 78 valence electrons. The second-order valence-electron chi connectivity index (χ2n) is 3.80. The highest BCUT2D eigenvalue weighted by molar-refractivity contribution is 8.08. The summed E-state index contributed by atoms with van der Waals surface area (Å²) in [6.07, 6.45) is 10.1. The summed E-state index contributed by atoms with van der Waals surface area (Å²) in [4.78, 5) is 14.2. The van der Waals surface area contributed by atoms with Crippen LogP contribution in [0.1, 0.15) is 5.56 Å². The molecule has 2 nitrogen and oxygen atoms in total. The van der Waals surface area contributed by atoms with Crippen LogP contribution in [0.4, 0.5) is 5.69 Å². The molecule has 0 radical (unpaired) electrons. The Balaban J connectivity index is 2.11. The van der Waals surface area contributed by atoms with Gasteiger partial charge in [-0.15, -0.1) is 11.8 Å². The fourth-order valence-electron chi connectivity index (χ4n) is 2.11. The van der Waals surface area contributed by atoms with Crippen LogP contribution in [0.5, 0.6) is 0 Å². The lowest BCUT2D eigenvalue weighted by molar-refractivity contribution is 0.565. The van der Waals surface area contributed by atoms with Gasteiger partial charge in [0.05, 0.1) is 10.4 Å². The van der Waals surface area contributed by atoms with Crippen molar-refractivity contribution in [1.29, 1.82) is 0 Å². The first-order valence-electron chi connectivity index (χ1n) is 5.08. The highest BCUT2D eigenvalue weighted by Gasteiger charge is 2.55. The van der Waals surface area contributed by atoms with Crippen molar-refractivity contribution in [3.05, 3.63) is 54.1 Å². The summed E-state index contributed by atoms with van der Waals surface area (Å²) >= 11 is 1.88. The molecule has 1 heterocycles. The number of nitrogens with zero attached hydrogens (tertiary/aromatic N) is 1. The Morgan fingerprint density at radius 3 is 3.00 bits per heavy atom. The van der Waals surface area contributed by atoms with E-state index in [1.165, 1.54) is 0 Å². The Hall–Kier alpha value is -1.57. The molecule has 3 rings (SSSR count). The number of rotatable bonds is 2. The Morgan fingerprint density at radius 2 is 2.19 bits per heavy atom. The number of aliphatic imine (C=N–C) groups is 1. The van der Waals surface area contributed by atoms with Gasteiger partial charge in [0.15, 0.2) is 0 Å². The Kier molecular flexibility index (Phi) is 2.10. The summed E-state index contributed by atoms with van der Waals surface area (Å²) in [5, 5.41) is 0.487. The normalized spacial score (nSPS) is 29.4. The third kappa shape index (κ3) is 1.29. The zero-order valence-corrected chi connectivity index (χ0v) is 9.28. The van der Waals surface area contributed by atoms with Crippen LogP contribution < -0.4 is 0 Å². The number of isocyanates is 1. The van der Waals surface area contributed by atoms with E-state index in [1.54, 1.807) is 6.08 Å². The lowest BCUT2D eigenvalue weighted by Crippen LogP contribution is -2.09. The number of thioether (sulfide) groups is 1. The number of hydrogen-bond donors (Lipinski definition) is 0. The first-order valence-corrected chi connectivity index (χ1v) is 5.96. The van der Waals surface area contributed by atoms with Crippen LogP contribution >= 0.6 is 11.8 Å². The fourth-order valence-corrected chi connectivity index (χ4v) is 3.38. The van der Waals surface area contributed by atoms with E-state index in [2.05, 4.69) is 29.3 Å². The Morgan fingerprint density at radius 1 is 1.31 bits per heavy atom. The maximum atomic E-state index is 10.4. The Bertz CT molecular complexity index is 543. The number of allylic oxidation sites excluding steroid dienone is 2. The predicted molar refractivity (Wildman–Crippen MR) is 65.6 cm³/mol. The molecule has 0 saturated carbocycles. The number of carbonyl (C=O) groups excluding carboxylic acids is 1. The molecule has 0 aromatic heterocycles. The van der Waals surface area contributed by atoms with E-state index in [0.717, 1.165) is 11.3 Å². The van der Waals surface area contributed by atoms with Crippen LogP contribution in [0.3, 0.4) is 0 Å². The van der Waals surface area contributed by atoms with Crippen LogP contribution in [0.15, 0.2) is 53.6 Å². The van der Waals surface area contributed by atoms with Crippen molar-refractivity contribution in [3.8, 4) is 0 Å². The molecule has 1 aromatic rings. The van der Waals surface area contributed by atoms with Crippen molar-refractivity contribution in [3.63, 3.8) is 0 Å². The van der Waals surface area contributed by atoms with Crippen LogP contribution in [0, 0.1) is 0 Å². The average molecular weight is 227 g/mol. The molecular formula is C13H9NOS. The fraction of sp³-hybridized carbons (Fsp3) is 0.154. The first kappa shape index (κ1) is 9.64. The molecule has 2 atom stereocenters. The van der Waals surface area contributed by atoms with Crippen molar-refractivity contribution in [2.75, 3.05) is 0 Å². The molecule has 16 heavy (non-hydrogen) atoms. The van der Waals surface area contributed by atoms with Gasteiger partial charge in [0.2, 0.25) is 6.08 Å². The number of hydrogen-bond acceptors (Lipinski definition) is 3. The molecule has 1 aliphatic carbocycles. The molecule has 1 saturated heterocycles. The lowest BCUT2D eigenvalue weighted by atomic mass is 9.91. The molecular weight excluding hydrogens is 218 g/mol. The Labute approximate surface area is 97.8 Å². The zero-order chi connectivity index (χ0) is 11.0. The summed E-state index contributed by atoms with van der Waals surface area (Å²) < 4.78 is 0.00565. The van der Waals surface area contributed by atoms with E-state index in [0.29, 0.717) is 5.25 Å². The number of fused-ring (bicyclic) bond motifs is 1. The topological polar surface area (TPSA) is 29.4 Å². The van der Waals surface area contributed by atoms with Crippen LogP contribution in [-0.4, -0.2) is 11.3 Å². The van der Waals surface area contributed by atoms with E-state index in [4.69, 9.17) is 0 Å². The largest absolute Gasteiger partial charge is 0.240 e. The zero-order valence-electron chi connectivity index (χ0n) is 8.46. The summed E-state index contributed by atoms with van der Waals surface area (Å²) in [6.45, 7) is 0. The van der Waals surface area contributed by atoms with Crippen molar-refractivity contribution >= 4 is 23.5 Å². The number of benzene rings is 1. The molecule has 2 unspecified atom stereocenters. The van der Waals surface area contributed by atoms with E-state index in [1.807, 2.05) is 36.0 Å². The minimum Gasteiger partial charge on any atom is -0.211 e. The van der Waals surface area contributed by atoms with Gasteiger partial charge < -0.3 is 0 Å². The van der Waals surface area contributed by atoms with Crippen LogP contribution in [0.25, 0.3) is 0 Å². The smallest absolute Gasteiger partial charge is 0.211 e. The molecule has 0 N–H and O–H groups in total. The molecule has 0 spiro atoms. The van der Waals surface area contributed by atoms with Gasteiger partial charge in [0.1, 0.15) is 0 Å². The van der Waals surface area contributed by atoms with Crippen molar-refractivity contribution in [1.82, 2.24) is 0 Å². The highest BCUT2D eigenvalue weighted by atomic mass is 32.2. The molecule has 3 heteroatoms. The maximum Gasteiger partial charge on any atom is 0.240 e. The van der Waals surface area contributed by atoms with Crippen molar-refractivity contribution < 1.29 is 4.79 Å². The molecule has 1 fully saturated rings. The minimum atomic E-state index is 0.00565. The summed E-state index contributed by atoms with van der Waals surface area (Å²) in [5.74, 6) is 0. The van der Waals surface area contributed by atoms with E-state index in [-0.39, 0.29) is 4.75 Å². The summed E-state index contributed by atoms with van der Waals surface area (Å²) in [7, 11) is 0. The van der Waals surface area contributed by atoms with Crippen molar-refractivity contribution in [2.45, 2.75) is 10.00 Å². The van der Waals surface area contributed by atoms with Gasteiger partial charge in [-0.05, 0) is 6.07 Å². The van der Waals surface area contributed by atoms with Crippen LogP contribution in [-0.2, 0) is 9.54 Å². The van der Waals surface area contributed by atoms with Crippen molar-refractivity contribution in [2.24, 2.45) is 4.99 Å². The maximum absolute atomic E-state index is 10.4. The average Bonchev–Trinajstić information content (AvgIpc) is 3.05. The summed E-state index contributed by atoms with van der Waals surface area (Å²) in [5.41, 5.74) is 1.83. The monoisotopic (exact) mass is 227 g/mol. The van der Waals surface area contributed by atoms with Gasteiger partial charge in [-0.3, -0.25) is 0 Å². The van der Waals surface area contributed by atoms with Gasteiger partial charge in [0.25, 0.3) is 0 Å². The molecule has 1 aliphatic heterocycles. The van der Waals surface area contributed by atoms with E-state index < -0.39 is 0 Å². The third-order valence-corrected chi connectivity index (χ3v) is 4.45. The van der Waals surface area contributed by atoms with Gasteiger partial charge in [-0.2, -0.15) is 4.99 Å². The van der Waals surface area contributed by atoms with Gasteiger partial charge in [-0.1, -0.05) is 42.5 Å².